The zero-order valence-corrected chi connectivity index (χ0v) is 15.3. The van der Waals surface area contributed by atoms with Crippen LogP contribution in [0.15, 0.2) is 58.2 Å². The number of ether oxygens (including phenoxy) is 1. The van der Waals surface area contributed by atoms with Gasteiger partial charge in [-0.05, 0) is 36.6 Å². The van der Waals surface area contributed by atoms with Crippen LogP contribution in [0.2, 0.25) is 0 Å². The molecule has 0 aliphatic heterocycles. The fourth-order valence-corrected chi connectivity index (χ4v) is 2.92. The van der Waals surface area contributed by atoms with E-state index in [4.69, 9.17) is 4.74 Å². The van der Waals surface area contributed by atoms with Crippen LogP contribution in [0, 0.1) is 0 Å². The van der Waals surface area contributed by atoms with Gasteiger partial charge in [-0.25, -0.2) is 5.10 Å². The maximum absolute atomic E-state index is 12.0. The van der Waals surface area contributed by atoms with Gasteiger partial charge < -0.3 is 10.1 Å². The van der Waals surface area contributed by atoms with Crippen molar-refractivity contribution in [1.82, 2.24) is 10.2 Å². The predicted molar refractivity (Wildman–Crippen MR) is 104 cm³/mol. The molecule has 3 rings (SSSR count). The number of anilines is 1. The summed E-state index contributed by atoms with van der Waals surface area (Å²) in [6.07, 6.45) is 1.82. The first-order valence-corrected chi connectivity index (χ1v) is 9.35. The van der Waals surface area contributed by atoms with E-state index < -0.39 is 18.5 Å². The number of aromatic amines is 1. The first kappa shape index (κ1) is 18.7. The van der Waals surface area contributed by atoms with E-state index in [0.29, 0.717) is 22.2 Å². The Bertz CT molecular complexity index is 1030. The number of carbonyl (C=O) groups excluding carboxylic acids is 2. The van der Waals surface area contributed by atoms with Gasteiger partial charge in [0.25, 0.3) is 11.5 Å². The van der Waals surface area contributed by atoms with Gasteiger partial charge in [0.1, 0.15) is 0 Å². The molecule has 2 aromatic carbocycles. The number of benzene rings is 2. The number of hydrogen-bond acceptors (Lipinski definition) is 6. The van der Waals surface area contributed by atoms with Crippen LogP contribution < -0.4 is 10.9 Å². The van der Waals surface area contributed by atoms with E-state index in [1.165, 1.54) is 0 Å². The van der Waals surface area contributed by atoms with Gasteiger partial charge in [-0.2, -0.15) is 5.10 Å². The highest BCUT2D eigenvalue weighted by atomic mass is 32.2. The average molecular weight is 383 g/mol. The Morgan fingerprint density at radius 2 is 1.81 bits per heavy atom. The van der Waals surface area contributed by atoms with Crippen LogP contribution >= 0.6 is 11.8 Å². The Labute approximate surface area is 159 Å². The number of H-pyrrole nitrogens is 1. The van der Waals surface area contributed by atoms with E-state index in [2.05, 4.69) is 15.5 Å². The Balaban J connectivity index is 1.57. The molecule has 3 aromatic rings. The number of rotatable bonds is 6. The summed E-state index contributed by atoms with van der Waals surface area (Å²) >= 11 is 1.60. The van der Waals surface area contributed by atoms with Gasteiger partial charge in [0.05, 0.1) is 17.5 Å². The quantitative estimate of drug-likeness (QED) is 0.501. The van der Waals surface area contributed by atoms with Gasteiger partial charge in [-0.3, -0.25) is 14.4 Å². The van der Waals surface area contributed by atoms with Crippen LogP contribution in [0.25, 0.3) is 10.8 Å². The second-order valence-corrected chi connectivity index (χ2v) is 6.54. The molecule has 0 unspecified atom stereocenters. The smallest absolute Gasteiger partial charge is 0.312 e. The van der Waals surface area contributed by atoms with Crippen LogP contribution in [0.5, 0.6) is 0 Å². The van der Waals surface area contributed by atoms with E-state index in [0.717, 1.165) is 4.90 Å². The molecule has 7 nitrogen and oxygen atoms in total. The molecule has 0 saturated heterocycles. The zero-order valence-electron chi connectivity index (χ0n) is 14.5. The number of aromatic nitrogens is 2. The topological polar surface area (TPSA) is 101 Å². The molecule has 0 aliphatic carbocycles. The van der Waals surface area contributed by atoms with Gasteiger partial charge >= 0.3 is 5.97 Å². The normalized spacial score (nSPS) is 10.6. The predicted octanol–water partition coefficient (Wildman–Crippen LogP) is 2.37. The van der Waals surface area contributed by atoms with Crippen molar-refractivity contribution in [1.29, 1.82) is 0 Å². The first-order chi connectivity index (χ1) is 13.1. The molecule has 2 N–H and O–H groups in total. The summed E-state index contributed by atoms with van der Waals surface area (Å²) in [4.78, 5) is 36.8. The van der Waals surface area contributed by atoms with E-state index >= 15 is 0 Å². The van der Waals surface area contributed by atoms with Crippen molar-refractivity contribution in [2.24, 2.45) is 0 Å². The zero-order chi connectivity index (χ0) is 19.2. The lowest BCUT2D eigenvalue weighted by molar-refractivity contribution is -0.146. The van der Waals surface area contributed by atoms with Crippen LogP contribution in [-0.4, -0.2) is 34.9 Å². The van der Waals surface area contributed by atoms with E-state index in [1.54, 1.807) is 48.2 Å². The standard InChI is InChI=1S/C19H17N3O4S/c1-27-13-8-6-12(7-9-13)20-17(23)11-26-18(24)10-16-14-4-2-3-5-15(14)19(25)22-21-16/h2-9H,10-11H2,1H3,(H,20,23)(H,22,25). The molecule has 1 heterocycles. The van der Waals surface area contributed by atoms with Crippen LogP contribution in [0.1, 0.15) is 5.69 Å². The Kier molecular flexibility index (Phi) is 5.87. The van der Waals surface area contributed by atoms with Gasteiger partial charge in [-0.15, -0.1) is 11.8 Å². The van der Waals surface area contributed by atoms with Crippen molar-refractivity contribution in [3.05, 3.63) is 64.6 Å². The summed E-state index contributed by atoms with van der Waals surface area (Å²) in [7, 11) is 0. The largest absolute Gasteiger partial charge is 0.455 e. The molecule has 0 radical (unpaired) electrons. The Hall–Kier alpha value is -3.13. The summed E-state index contributed by atoms with van der Waals surface area (Å²) in [6.45, 7) is -0.398. The third kappa shape index (κ3) is 4.73. The maximum atomic E-state index is 12.0. The molecule has 0 fully saturated rings. The molecule has 8 heteroatoms. The molecule has 0 saturated carbocycles. The van der Waals surface area contributed by atoms with Crippen molar-refractivity contribution in [2.75, 3.05) is 18.2 Å². The molecule has 0 spiro atoms. The third-order valence-corrected chi connectivity index (χ3v) is 4.57. The highest BCUT2D eigenvalue weighted by molar-refractivity contribution is 7.98. The summed E-state index contributed by atoms with van der Waals surface area (Å²) in [6, 6.07) is 14.2. The monoisotopic (exact) mass is 383 g/mol. The summed E-state index contributed by atoms with van der Waals surface area (Å²) in [5, 5.41) is 9.96. The molecule has 0 bridgehead atoms. The summed E-state index contributed by atoms with van der Waals surface area (Å²) in [5.41, 5.74) is 0.694. The minimum absolute atomic E-state index is 0.146. The molecule has 0 aliphatic rings. The minimum atomic E-state index is -0.604. The van der Waals surface area contributed by atoms with E-state index in [-0.39, 0.29) is 12.0 Å². The SMILES string of the molecule is CSc1ccc(NC(=O)COC(=O)Cc2n[nH]c(=O)c3ccccc23)cc1. The maximum Gasteiger partial charge on any atom is 0.312 e. The van der Waals surface area contributed by atoms with Crippen molar-refractivity contribution in [3.8, 4) is 0 Å². The molecule has 1 amide bonds. The van der Waals surface area contributed by atoms with Crippen molar-refractivity contribution in [3.63, 3.8) is 0 Å². The van der Waals surface area contributed by atoms with Gasteiger partial charge in [0.2, 0.25) is 0 Å². The summed E-state index contributed by atoms with van der Waals surface area (Å²) in [5.74, 6) is -1.04. The molecule has 138 valence electrons. The third-order valence-electron chi connectivity index (χ3n) is 3.82. The number of carbonyl (C=O) groups is 2. The molecule has 27 heavy (non-hydrogen) atoms. The van der Waals surface area contributed by atoms with Crippen molar-refractivity contribution < 1.29 is 14.3 Å². The van der Waals surface area contributed by atoms with E-state index in [1.807, 2.05) is 18.4 Å². The second-order valence-electron chi connectivity index (χ2n) is 5.66. The molecule has 0 atom stereocenters. The van der Waals surface area contributed by atoms with Crippen LogP contribution in [-0.2, 0) is 20.7 Å². The summed E-state index contributed by atoms with van der Waals surface area (Å²) < 4.78 is 5.02. The fraction of sp³-hybridized carbons (Fsp3) is 0.158. The Morgan fingerprint density at radius 1 is 1.11 bits per heavy atom. The Morgan fingerprint density at radius 3 is 2.52 bits per heavy atom. The van der Waals surface area contributed by atoms with Crippen molar-refractivity contribution in [2.45, 2.75) is 11.3 Å². The number of hydrogen-bond donors (Lipinski definition) is 2. The fourth-order valence-electron chi connectivity index (χ4n) is 2.51. The van der Waals surface area contributed by atoms with Crippen LogP contribution in [0.4, 0.5) is 5.69 Å². The number of fused-ring (bicyclic) bond motifs is 1. The van der Waals surface area contributed by atoms with Crippen molar-refractivity contribution >= 4 is 40.1 Å². The first-order valence-electron chi connectivity index (χ1n) is 8.12. The minimum Gasteiger partial charge on any atom is -0.455 e. The number of nitrogens with zero attached hydrogens (tertiary/aromatic N) is 1. The second kappa shape index (κ2) is 8.50. The highest BCUT2D eigenvalue weighted by Gasteiger charge is 2.13. The van der Waals surface area contributed by atoms with Gasteiger partial charge in [0, 0.05) is 16.0 Å². The molecular weight excluding hydrogens is 366 g/mol. The lowest BCUT2D eigenvalue weighted by Crippen LogP contribution is -2.22. The number of esters is 1. The number of amides is 1. The van der Waals surface area contributed by atoms with E-state index in [9.17, 15) is 14.4 Å². The average Bonchev–Trinajstić information content (AvgIpc) is 2.69. The lowest BCUT2D eigenvalue weighted by Gasteiger charge is -2.08. The van der Waals surface area contributed by atoms with Crippen LogP contribution in [0.3, 0.4) is 0 Å². The highest BCUT2D eigenvalue weighted by Crippen LogP contribution is 2.17. The number of thioether (sulfide) groups is 1. The molecular formula is C19H17N3O4S. The van der Waals surface area contributed by atoms with Gasteiger partial charge in [0.15, 0.2) is 6.61 Å². The lowest BCUT2D eigenvalue weighted by atomic mass is 10.1. The van der Waals surface area contributed by atoms with Gasteiger partial charge in [-0.1, -0.05) is 18.2 Å². The number of nitrogens with one attached hydrogen (secondary N) is 2. The molecule has 1 aromatic heterocycles.